The maximum absolute atomic E-state index is 13.5. The van der Waals surface area contributed by atoms with E-state index in [0.29, 0.717) is 17.0 Å². The Bertz CT molecular complexity index is 1500. The minimum Gasteiger partial charge on any atom is -0.476 e. The topological polar surface area (TPSA) is 179 Å². The van der Waals surface area contributed by atoms with Crippen LogP contribution in [0.25, 0.3) is 11.2 Å². The minimum atomic E-state index is -4.08. The van der Waals surface area contributed by atoms with Crippen LogP contribution in [0.2, 0.25) is 5.02 Å². The fourth-order valence-corrected chi connectivity index (χ4v) is 6.44. The van der Waals surface area contributed by atoms with E-state index in [9.17, 15) is 14.5 Å². The van der Waals surface area contributed by atoms with Gasteiger partial charge in [-0.15, -0.1) is 0 Å². The molecule has 0 saturated carbocycles. The quantitative estimate of drug-likeness (QED) is 0.258. The number of hydrogen-bond acceptors (Lipinski definition) is 13. The number of halogens is 1. The molecule has 42 heavy (non-hydrogen) atoms. The number of imidazole rings is 1. The molecule has 2 saturated heterocycles. The van der Waals surface area contributed by atoms with Gasteiger partial charge in [0, 0.05) is 11.4 Å². The number of esters is 1. The van der Waals surface area contributed by atoms with E-state index in [-0.39, 0.29) is 30.7 Å². The van der Waals surface area contributed by atoms with Crippen LogP contribution in [-0.2, 0) is 32.4 Å². The van der Waals surface area contributed by atoms with E-state index >= 15 is 0 Å². The SMILES string of the molecule is CCOc1nc(N)nc2ncn([C@@H]3O[C@H](CO[P@@]4(=O)OCC[C@@H](c5cccc(Cl)c5)O4)[C@@H](OC(=O)C(C)C)[C@@]3(C)O)c12. The highest BCUT2D eigenvalue weighted by Crippen LogP contribution is 2.57. The van der Waals surface area contributed by atoms with E-state index in [1.54, 1.807) is 45.0 Å². The van der Waals surface area contributed by atoms with Gasteiger partial charge in [0.1, 0.15) is 18.0 Å². The number of phosphoric ester groups is 1. The molecule has 14 nitrogen and oxygen atoms in total. The molecular formula is C26H33ClN5O9P. The van der Waals surface area contributed by atoms with Crippen molar-refractivity contribution in [1.29, 1.82) is 0 Å². The number of carbonyl (C=O) groups excluding carboxylic acids is 1. The number of fused-ring (bicyclic) bond motifs is 1. The van der Waals surface area contributed by atoms with Gasteiger partial charge in [-0.3, -0.25) is 22.9 Å². The largest absolute Gasteiger partial charge is 0.476 e. The summed E-state index contributed by atoms with van der Waals surface area (Å²) in [5.74, 6) is -0.987. The number of nitrogens with two attached hydrogens (primary N) is 1. The maximum atomic E-state index is 13.5. The van der Waals surface area contributed by atoms with Gasteiger partial charge < -0.3 is 25.1 Å². The monoisotopic (exact) mass is 625 g/mol. The third-order valence-electron chi connectivity index (χ3n) is 6.88. The fraction of sp³-hybridized carbons (Fsp3) is 0.538. The molecule has 0 bridgehead atoms. The molecule has 6 atom stereocenters. The van der Waals surface area contributed by atoms with E-state index in [1.807, 2.05) is 0 Å². The first-order valence-electron chi connectivity index (χ1n) is 13.5. The van der Waals surface area contributed by atoms with Gasteiger partial charge in [-0.25, -0.2) is 9.55 Å². The van der Waals surface area contributed by atoms with Gasteiger partial charge >= 0.3 is 13.8 Å². The molecule has 228 valence electrons. The van der Waals surface area contributed by atoms with Gasteiger partial charge in [-0.05, 0) is 31.5 Å². The second-order valence-corrected chi connectivity index (χ2v) is 12.5. The van der Waals surface area contributed by atoms with Gasteiger partial charge in [-0.1, -0.05) is 37.6 Å². The predicted molar refractivity (Wildman–Crippen MR) is 150 cm³/mol. The Morgan fingerprint density at radius 2 is 2.14 bits per heavy atom. The first kappa shape index (κ1) is 30.6. The molecule has 0 unspecified atom stereocenters. The number of anilines is 1. The summed E-state index contributed by atoms with van der Waals surface area (Å²) in [5.41, 5.74) is 5.22. The third kappa shape index (κ3) is 6.11. The van der Waals surface area contributed by atoms with Crippen LogP contribution in [0, 0.1) is 5.92 Å². The minimum absolute atomic E-state index is 0.0430. The van der Waals surface area contributed by atoms with Gasteiger partial charge in [0.2, 0.25) is 11.8 Å². The van der Waals surface area contributed by atoms with Crippen molar-refractivity contribution in [2.45, 2.75) is 64.3 Å². The summed E-state index contributed by atoms with van der Waals surface area (Å²) < 4.78 is 49.4. The molecular weight excluding hydrogens is 593 g/mol. The smallest absolute Gasteiger partial charge is 0.475 e. The Labute approximate surface area is 247 Å². The molecule has 3 N–H and O–H groups in total. The van der Waals surface area contributed by atoms with Crippen LogP contribution in [0.3, 0.4) is 0 Å². The van der Waals surface area contributed by atoms with Crippen LogP contribution >= 0.6 is 19.4 Å². The van der Waals surface area contributed by atoms with Gasteiger partial charge in [0.25, 0.3) is 0 Å². The second-order valence-electron chi connectivity index (χ2n) is 10.4. The van der Waals surface area contributed by atoms with E-state index in [4.69, 9.17) is 45.1 Å². The molecule has 1 aromatic carbocycles. The molecule has 5 rings (SSSR count). The molecule has 4 heterocycles. The highest BCUT2D eigenvalue weighted by atomic mass is 35.5. The van der Waals surface area contributed by atoms with Crippen molar-refractivity contribution in [3.05, 3.63) is 41.2 Å². The number of nitrogens with zero attached hydrogens (tertiary/aromatic N) is 4. The zero-order valence-corrected chi connectivity index (χ0v) is 25.2. The summed E-state index contributed by atoms with van der Waals surface area (Å²) in [7, 11) is -4.08. The third-order valence-corrected chi connectivity index (χ3v) is 8.59. The zero-order chi connectivity index (χ0) is 30.2. The molecule has 0 amide bonds. The highest BCUT2D eigenvalue weighted by molar-refractivity contribution is 7.48. The molecule has 0 aliphatic carbocycles. The number of nitrogen functional groups attached to an aromatic ring is 1. The van der Waals surface area contributed by atoms with Crippen LogP contribution in [0.1, 0.15) is 52.0 Å². The van der Waals surface area contributed by atoms with Gasteiger partial charge in [-0.2, -0.15) is 9.97 Å². The lowest BCUT2D eigenvalue weighted by atomic mass is 9.96. The van der Waals surface area contributed by atoms with E-state index in [2.05, 4.69) is 15.0 Å². The van der Waals surface area contributed by atoms with Crippen LogP contribution in [-0.4, -0.2) is 68.2 Å². The van der Waals surface area contributed by atoms with Crippen molar-refractivity contribution in [2.75, 3.05) is 25.6 Å². The molecule has 3 aromatic rings. The number of hydrogen-bond donors (Lipinski definition) is 2. The van der Waals surface area contributed by atoms with Crippen molar-refractivity contribution in [3.8, 4) is 5.88 Å². The lowest BCUT2D eigenvalue weighted by Gasteiger charge is -2.31. The summed E-state index contributed by atoms with van der Waals surface area (Å²) >= 11 is 6.12. The number of rotatable bonds is 9. The van der Waals surface area contributed by atoms with E-state index in [1.165, 1.54) is 17.8 Å². The van der Waals surface area contributed by atoms with Crippen LogP contribution in [0.15, 0.2) is 30.6 Å². The summed E-state index contributed by atoms with van der Waals surface area (Å²) in [6.45, 7) is 6.52. The Balaban J connectivity index is 1.42. The number of aliphatic hydroxyl groups is 1. The Morgan fingerprint density at radius 3 is 2.86 bits per heavy atom. The van der Waals surface area contributed by atoms with Crippen LogP contribution in [0.5, 0.6) is 5.88 Å². The first-order chi connectivity index (χ1) is 19.9. The standard InChI is InChI=1S/C26H33ClN5O9P/c1-5-36-22-19-21(30-25(28)31-22)29-13-32(19)24-26(4,34)20(40-23(33)14(2)3)18(39-24)12-38-42(35)37-10-9-17(41-42)15-7-6-8-16(27)11-15/h6-8,11,13-14,17-18,20,24,34H,5,9-10,12H2,1-4H3,(H2,28,30,31)/t17-,18+,20+,24+,26+,42+/m0/s1. The summed E-state index contributed by atoms with van der Waals surface area (Å²) in [6.07, 6.45) is -2.29. The number of phosphoric acid groups is 1. The molecule has 0 radical (unpaired) electrons. The predicted octanol–water partition coefficient (Wildman–Crippen LogP) is 3.98. The van der Waals surface area contributed by atoms with Crippen LogP contribution in [0.4, 0.5) is 5.95 Å². The van der Waals surface area contributed by atoms with Crippen molar-refractivity contribution in [3.63, 3.8) is 0 Å². The average molecular weight is 626 g/mol. The van der Waals surface area contributed by atoms with Crippen molar-refractivity contribution >= 4 is 42.5 Å². The Hall–Kier alpha value is -2.84. The zero-order valence-electron chi connectivity index (χ0n) is 23.5. The molecule has 0 spiro atoms. The summed E-state index contributed by atoms with van der Waals surface area (Å²) in [5, 5.41) is 12.3. The fourth-order valence-electron chi connectivity index (χ4n) is 4.84. The first-order valence-corrected chi connectivity index (χ1v) is 15.3. The number of aromatic nitrogens is 4. The number of ether oxygens (including phenoxy) is 3. The van der Waals surface area contributed by atoms with E-state index < -0.39 is 56.5 Å². The normalized spacial score (nSPS) is 29.7. The Kier molecular flexibility index (Phi) is 8.77. The van der Waals surface area contributed by atoms with Gasteiger partial charge in [0.15, 0.2) is 23.5 Å². The Morgan fingerprint density at radius 1 is 1.36 bits per heavy atom. The van der Waals surface area contributed by atoms with Crippen molar-refractivity contribution in [1.82, 2.24) is 19.5 Å². The lowest BCUT2D eigenvalue weighted by Crippen LogP contribution is -2.47. The molecule has 16 heteroatoms. The van der Waals surface area contributed by atoms with Crippen LogP contribution < -0.4 is 10.5 Å². The molecule has 2 aliphatic rings. The summed E-state index contributed by atoms with van der Waals surface area (Å²) in [4.78, 5) is 25.3. The molecule has 2 aliphatic heterocycles. The van der Waals surface area contributed by atoms with Crippen molar-refractivity contribution < 1.29 is 42.2 Å². The average Bonchev–Trinajstić information content (AvgIpc) is 3.45. The highest BCUT2D eigenvalue weighted by Gasteiger charge is 2.57. The number of benzene rings is 1. The summed E-state index contributed by atoms with van der Waals surface area (Å²) in [6, 6.07) is 7.01. The lowest BCUT2D eigenvalue weighted by molar-refractivity contribution is -0.167. The maximum Gasteiger partial charge on any atom is 0.475 e. The number of carbonyl (C=O) groups is 1. The van der Waals surface area contributed by atoms with Gasteiger partial charge in [0.05, 0.1) is 31.8 Å². The molecule has 2 aromatic heterocycles. The second kappa shape index (κ2) is 12.0. The van der Waals surface area contributed by atoms with Crippen molar-refractivity contribution in [2.24, 2.45) is 5.92 Å². The van der Waals surface area contributed by atoms with E-state index in [0.717, 1.165) is 5.56 Å². The molecule has 2 fully saturated rings.